The molecule has 3 aromatic heterocycles. The second-order valence-corrected chi connectivity index (χ2v) is 7.40. The van der Waals surface area contributed by atoms with Crippen LogP contribution in [0, 0.1) is 6.92 Å². The number of benzene rings is 1. The highest BCUT2D eigenvalue weighted by Gasteiger charge is 2.17. The van der Waals surface area contributed by atoms with E-state index < -0.39 is 0 Å². The lowest BCUT2D eigenvalue weighted by Crippen LogP contribution is -2.28. The summed E-state index contributed by atoms with van der Waals surface area (Å²) in [6, 6.07) is 10.4. The van der Waals surface area contributed by atoms with Crippen molar-refractivity contribution >= 4 is 11.3 Å². The van der Waals surface area contributed by atoms with E-state index in [9.17, 15) is 0 Å². The molecule has 1 aliphatic rings. The SMILES string of the molecule is Cc1nnc(-c2cccc(-n3ccnc3-c3cc4n(n3)CCNC4)c2)s1. The fourth-order valence-electron chi connectivity index (χ4n) is 3.21. The summed E-state index contributed by atoms with van der Waals surface area (Å²) in [5, 5.41) is 18.4. The average Bonchev–Trinajstić information content (AvgIpc) is 3.40. The zero-order chi connectivity index (χ0) is 17.5. The Morgan fingerprint density at radius 2 is 2.15 bits per heavy atom. The van der Waals surface area contributed by atoms with E-state index in [1.54, 1.807) is 11.3 Å². The number of rotatable bonds is 3. The van der Waals surface area contributed by atoms with Crippen molar-refractivity contribution in [2.24, 2.45) is 0 Å². The van der Waals surface area contributed by atoms with Crippen molar-refractivity contribution in [1.82, 2.24) is 34.8 Å². The summed E-state index contributed by atoms with van der Waals surface area (Å²) in [6.07, 6.45) is 3.78. The molecule has 7 nitrogen and oxygen atoms in total. The van der Waals surface area contributed by atoms with Gasteiger partial charge in [0.15, 0.2) is 5.82 Å². The number of imidazole rings is 1. The van der Waals surface area contributed by atoms with Crippen molar-refractivity contribution in [3.05, 3.63) is 53.4 Å². The van der Waals surface area contributed by atoms with Crippen molar-refractivity contribution in [3.63, 3.8) is 0 Å². The van der Waals surface area contributed by atoms with Crippen LogP contribution in [0.5, 0.6) is 0 Å². The Hall–Kier alpha value is -2.84. The molecule has 0 saturated heterocycles. The molecular formula is C18H17N7S. The molecule has 0 bridgehead atoms. The minimum Gasteiger partial charge on any atom is -0.309 e. The number of nitrogens with one attached hydrogen (secondary N) is 1. The quantitative estimate of drug-likeness (QED) is 0.606. The smallest absolute Gasteiger partial charge is 0.165 e. The Kier molecular flexibility index (Phi) is 3.65. The molecule has 26 heavy (non-hydrogen) atoms. The molecule has 0 radical (unpaired) electrons. The predicted octanol–water partition coefficient (Wildman–Crippen LogP) is 2.67. The predicted molar refractivity (Wildman–Crippen MR) is 100 cm³/mol. The summed E-state index contributed by atoms with van der Waals surface area (Å²) in [4.78, 5) is 4.55. The second kappa shape index (κ2) is 6.15. The van der Waals surface area contributed by atoms with Gasteiger partial charge < -0.3 is 5.32 Å². The van der Waals surface area contributed by atoms with Gasteiger partial charge in [-0.1, -0.05) is 23.5 Å². The first-order chi connectivity index (χ1) is 12.8. The van der Waals surface area contributed by atoms with Gasteiger partial charge in [0.2, 0.25) is 0 Å². The summed E-state index contributed by atoms with van der Waals surface area (Å²) < 4.78 is 4.13. The minimum atomic E-state index is 0.845. The summed E-state index contributed by atoms with van der Waals surface area (Å²) in [6.45, 7) is 4.65. The lowest BCUT2D eigenvalue weighted by Gasteiger charge is -2.13. The number of aromatic nitrogens is 6. The largest absolute Gasteiger partial charge is 0.309 e. The molecule has 1 aliphatic heterocycles. The monoisotopic (exact) mass is 363 g/mol. The summed E-state index contributed by atoms with van der Waals surface area (Å²) in [7, 11) is 0. The maximum atomic E-state index is 4.74. The van der Waals surface area contributed by atoms with Crippen LogP contribution in [0.15, 0.2) is 42.7 Å². The zero-order valence-corrected chi connectivity index (χ0v) is 15.1. The van der Waals surface area contributed by atoms with E-state index in [1.807, 2.05) is 25.4 Å². The lowest BCUT2D eigenvalue weighted by atomic mass is 10.2. The maximum Gasteiger partial charge on any atom is 0.165 e. The molecule has 0 amide bonds. The molecule has 4 aromatic rings. The summed E-state index contributed by atoms with van der Waals surface area (Å²) in [5.74, 6) is 0.845. The van der Waals surface area contributed by atoms with E-state index in [1.165, 1.54) is 5.69 Å². The van der Waals surface area contributed by atoms with Crippen molar-refractivity contribution in [1.29, 1.82) is 0 Å². The van der Waals surface area contributed by atoms with Crippen LogP contribution >= 0.6 is 11.3 Å². The van der Waals surface area contributed by atoms with E-state index >= 15 is 0 Å². The summed E-state index contributed by atoms with van der Waals surface area (Å²) >= 11 is 1.60. The van der Waals surface area contributed by atoms with Crippen molar-refractivity contribution in [2.45, 2.75) is 20.0 Å². The molecule has 8 heteroatoms. The lowest BCUT2D eigenvalue weighted by molar-refractivity contribution is 0.476. The fourth-order valence-corrected chi connectivity index (χ4v) is 3.89. The van der Waals surface area contributed by atoms with Gasteiger partial charge in [-0.2, -0.15) is 5.10 Å². The molecule has 1 aromatic carbocycles. The number of fused-ring (bicyclic) bond motifs is 1. The van der Waals surface area contributed by atoms with Gasteiger partial charge >= 0.3 is 0 Å². The van der Waals surface area contributed by atoms with E-state index in [0.29, 0.717) is 0 Å². The molecule has 130 valence electrons. The molecule has 0 spiro atoms. The van der Waals surface area contributed by atoms with Gasteiger partial charge in [-0.15, -0.1) is 10.2 Å². The first-order valence-electron chi connectivity index (χ1n) is 8.50. The molecule has 1 N–H and O–H groups in total. The van der Waals surface area contributed by atoms with E-state index in [0.717, 1.165) is 52.4 Å². The average molecular weight is 363 g/mol. The normalized spacial score (nSPS) is 13.7. The molecule has 0 fully saturated rings. The molecule has 0 saturated carbocycles. The highest BCUT2D eigenvalue weighted by Crippen LogP contribution is 2.27. The van der Waals surface area contributed by atoms with Crippen LogP contribution in [0.25, 0.3) is 27.8 Å². The van der Waals surface area contributed by atoms with Gasteiger partial charge in [-0.05, 0) is 25.1 Å². The van der Waals surface area contributed by atoms with Crippen molar-refractivity contribution < 1.29 is 0 Å². The van der Waals surface area contributed by atoms with Crippen molar-refractivity contribution in [2.75, 3.05) is 6.54 Å². The molecule has 4 heterocycles. The van der Waals surface area contributed by atoms with Crippen LogP contribution in [-0.4, -0.2) is 36.1 Å². The number of nitrogens with zero attached hydrogens (tertiary/aromatic N) is 6. The van der Waals surface area contributed by atoms with E-state index in [-0.39, 0.29) is 0 Å². The Bertz CT molecular complexity index is 1050. The van der Waals surface area contributed by atoms with Crippen LogP contribution in [0.2, 0.25) is 0 Å². The van der Waals surface area contributed by atoms with Gasteiger partial charge in [0.05, 0.1) is 12.2 Å². The Morgan fingerprint density at radius 3 is 3.00 bits per heavy atom. The molecule has 0 unspecified atom stereocenters. The highest BCUT2D eigenvalue weighted by molar-refractivity contribution is 7.14. The van der Waals surface area contributed by atoms with Crippen LogP contribution < -0.4 is 5.32 Å². The van der Waals surface area contributed by atoms with Crippen LogP contribution in [0.4, 0.5) is 0 Å². The molecule has 5 rings (SSSR count). The minimum absolute atomic E-state index is 0.845. The Labute approximate surface area is 154 Å². The molecule has 0 aliphatic carbocycles. The van der Waals surface area contributed by atoms with Gasteiger partial charge in [-0.25, -0.2) is 4.98 Å². The van der Waals surface area contributed by atoms with Crippen LogP contribution in [0.1, 0.15) is 10.7 Å². The third kappa shape index (κ3) is 2.63. The Morgan fingerprint density at radius 1 is 1.19 bits per heavy atom. The topological polar surface area (TPSA) is 73.5 Å². The molecular weight excluding hydrogens is 346 g/mol. The number of hydrogen-bond acceptors (Lipinski definition) is 6. The van der Waals surface area contributed by atoms with Gasteiger partial charge in [0.1, 0.15) is 15.7 Å². The van der Waals surface area contributed by atoms with Crippen LogP contribution in [0.3, 0.4) is 0 Å². The van der Waals surface area contributed by atoms with E-state index in [2.05, 4.69) is 54.0 Å². The number of aryl methyl sites for hydroxylation is 1. The van der Waals surface area contributed by atoms with E-state index in [4.69, 9.17) is 5.10 Å². The van der Waals surface area contributed by atoms with Gasteiger partial charge in [0, 0.05) is 36.7 Å². The maximum absolute atomic E-state index is 4.74. The zero-order valence-electron chi connectivity index (χ0n) is 14.3. The highest BCUT2D eigenvalue weighted by atomic mass is 32.1. The second-order valence-electron chi connectivity index (χ2n) is 6.22. The Balaban J connectivity index is 1.56. The van der Waals surface area contributed by atoms with Gasteiger partial charge in [-0.3, -0.25) is 9.25 Å². The third-order valence-electron chi connectivity index (χ3n) is 4.44. The van der Waals surface area contributed by atoms with Crippen LogP contribution in [-0.2, 0) is 13.1 Å². The standard InChI is InChI=1S/C18H17N7S/c1-12-21-22-18(26-12)13-3-2-4-14(9-13)24-7-6-20-17(24)16-10-15-11-19-5-8-25(15)23-16/h2-4,6-7,9-10,19H,5,8,11H2,1H3. The first kappa shape index (κ1) is 15.4. The number of hydrogen-bond donors (Lipinski definition) is 1. The van der Waals surface area contributed by atoms with Crippen molar-refractivity contribution in [3.8, 4) is 27.8 Å². The first-order valence-corrected chi connectivity index (χ1v) is 9.32. The molecule has 0 atom stereocenters. The third-order valence-corrected chi connectivity index (χ3v) is 5.32. The summed E-state index contributed by atoms with van der Waals surface area (Å²) in [5.41, 5.74) is 4.18. The fraction of sp³-hybridized carbons (Fsp3) is 0.222. The van der Waals surface area contributed by atoms with Gasteiger partial charge in [0.25, 0.3) is 0 Å².